The number of allylic oxidation sites excluding steroid dienone is 1. The summed E-state index contributed by atoms with van der Waals surface area (Å²) in [6.45, 7) is 0.229. The number of fused-ring (bicyclic) bond motifs is 1. The minimum Gasteiger partial charge on any atom is -0.491 e. The van der Waals surface area contributed by atoms with E-state index in [1.165, 1.54) is 0 Å². The molecule has 2 saturated carbocycles. The van der Waals surface area contributed by atoms with Crippen LogP contribution in [-0.4, -0.2) is 52.8 Å². The van der Waals surface area contributed by atoms with Crippen LogP contribution in [0.3, 0.4) is 0 Å². The Hall–Kier alpha value is -1.89. The van der Waals surface area contributed by atoms with Crippen molar-refractivity contribution in [1.82, 2.24) is 0 Å². The average molecular weight is 405 g/mol. The van der Waals surface area contributed by atoms with E-state index in [1.807, 2.05) is 36.4 Å². The summed E-state index contributed by atoms with van der Waals surface area (Å²) >= 11 is 0. The second kappa shape index (κ2) is 9.74. The van der Waals surface area contributed by atoms with Crippen LogP contribution in [0.4, 0.5) is 0 Å². The number of rotatable bonds is 10. The standard InChI is InChI=1S/C23H32O6/c1-28-23-13-12-21(25)19(20(23)14-16(23)6-5-9-22(26)27)11-10-17(24)15-29-18-7-3-2-4-8-18/h2-4,6-8,17,19-21,24-25H,5,9-15H2,1H3,(H,26,27)/b16-6-/t17-,19-,20-,21-,23+/m1/s1. The number of hydrogen-bond acceptors (Lipinski definition) is 5. The number of carbonyl (C=O) groups is 1. The van der Waals surface area contributed by atoms with Crippen molar-refractivity contribution in [2.75, 3.05) is 13.7 Å². The molecule has 2 fully saturated rings. The summed E-state index contributed by atoms with van der Waals surface area (Å²) in [4.78, 5) is 10.8. The molecule has 5 atom stereocenters. The van der Waals surface area contributed by atoms with E-state index in [1.54, 1.807) is 7.11 Å². The van der Waals surface area contributed by atoms with E-state index in [4.69, 9.17) is 14.6 Å². The number of benzene rings is 1. The fourth-order valence-electron chi connectivity index (χ4n) is 4.95. The van der Waals surface area contributed by atoms with Gasteiger partial charge in [-0.2, -0.15) is 0 Å². The zero-order chi connectivity index (χ0) is 20.9. The molecule has 3 N–H and O–H groups in total. The smallest absolute Gasteiger partial charge is 0.303 e. The highest BCUT2D eigenvalue weighted by atomic mass is 16.5. The predicted molar refractivity (Wildman–Crippen MR) is 109 cm³/mol. The summed E-state index contributed by atoms with van der Waals surface area (Å²) in [5.74, 6) is 0.201. The van der Waals surface area contributed by atoms with Crippen LogP contribution in [0.15, 0.2) is 42.0 Å². The van der Waals surface area contributed by atoms with Crippen LogP contribution in [0.2, 0.25) is 0 Å². The summed E-state index contributed by atoms with van der Waals surface area (Å²) in [7, 11) is 1.70. The minimum absolute atomic E-state index is 0.0618. The van der Waals surface area contributed by atoms with Crippen molar-refractivity contribution in [3.8, 4) is 5.75 Å². The largest absolute Gasteiger partial charge is 0.491 e. The number of aliphatic hydroxyl groups excluding tert-OH is 2. The highest BCUT2D eigenvalue weighted by molar-refractivity contribution is 5.66. The van der Waals surface area contributed by atoms with Crippen LogP contribution in [0, 0.1) is 11.8 Å². The Labute approximate surface area is 172 Å². The van der Waals surface area contributed by atoms with E-state index in [2.05, 4.69) is 0 Å². The Kier molecular flexibility index (Phi) is 7.33. The van der Waals surface area contributed by atoms with Crippen LogP contribution < -0.4 is 4.74 Å². The Bertz CT molecular complexity index is 703. The summed E-state index contributed by atoms with van der Waals surface area (Å²) in [6, 6.07) is 9.41. The molecule has 29 heavy (non-hydrogen) atoms. The molecule has 0 aliphatic heterocycles. The first-order valence-electron chi connectivity index (χ1n) is 10.5. The Balaban J connectivity index is 1.54. The number of para-hydroxylation sites is 1. The van der Waals surface area contributed by atoms with E-state index < -0.39 is 18.2 Å². The lowest BCUT2D eigenvalue weighted by Gasteiger charge is -2.58. The first-order valence-corrected chi connectivity index (χ1v) is 10.5. The summed E-state index contributed by atoms with van der Waals surface area (Å²) in [6.07, 6.45) is 5.14. The van der Waals surface area contributed by atoms with Crippen molar-refractivity contribution in [2.24, 2.45) is 11.8 Å². The summed E-state index contributed by atoms with van der Waals surface area (Å²) in [5, 5.41) is 29.8. The van der Waals surface area contributed by atoms with Gasteiger partial charge in [0.25, 0.3) is 0 Å². The number of aliphatic hydroxyl groups is 2. The van der Waals surface area contributed by atoms with Gasteiger partial charge < -0.3 is 24.8 Å². The number of methoxy groups -OCH3 is 1. The minimum atomic E-state index is -0.798. The molecule has 160 valence electrons. The Morgan fingerprint density at radius 2 is 2.10 bits per heavy atom. The van der Waals surface area contributed by atoms with Gasteiger partial charge in [-0.25, -0.2) is 0 Å². The molecule has 0 bridgehead atoms. The average Bonchev–Trinajstić information content (AvgIpc) is 2.70. The number of hydrogen-bond donors (Lipinski definition) is 3. The van der Waals surface area contributed by atoms with Gasteiger partial charge in [0.2, 0.25) is 0 Å². The second-order valence-electron chi connectivity index (χ2n) is 8.19. The second-order valence-corrected chi connectivity index (χ2v) is 8.19. The topological polar surface area (TPSA) is 96.2 Å². The molecule has 0 unspecified atom stereocenters. The van der Waals surface area contributed by atoms with Crippen molar-refractivity contribution >= 4 is 5.97 Å². The Morgan fingerprint density at radius 1 is 1.34 bits per heavy atom. The molecule has 6 heteroatoms. The molecule has 0 aromatic heterocycles. The lowest BCUT2D eigenvalue weighted by molar-refractivity contribution is -0.154. The molecule has 0 spiro atoms. The van der Waals surface area contributed by atoms with Crippen molar-refractivity contribution in [2.45, 2.75) is 62.8 Å². The van der Waals surface area contributed by atoms with Crippen LogP contribution in [-0.2, 0) is 9.53 Å². The van der Waals surface area contributed by atoms with Crippen molar-refractivity contribution in [3.05, 3.63) is 42.0 Å². The number of carboxylic acid groups (broad SMARTS) is 1. The molecular formula is C23H32O6. The molecule has 0 amide bonds. The van der Waals surface area contributed by atoms with Gasteiger partial charge in [-0.05, 0) is 62.1 Å². The SMILES string of the molecule is CO[C@]12CC[C@@H](O)[C@H](CC[C@@H](O)COc3ccccc3)[C@H]1C/C2=C/CCC(=O)O. The van der Waals surface area contributed by atoms with E-state index in [0.717, 1.165) is 24.2 Å². The highest BCUT2D eigenvalue weighted by Gasteiger charge is 2.58. The maximum absolute atomic E-state index is 10.8. The third kappa shape index (κ3) is 5.00. The molecular weight excluding hydrogens is 372 g/mol. The van der Waals surface area contributed by atoms with Gasteiger partial charge in [-0.1, -0.05) is 24.3 Å². The van der Waals surface area contributed by atoms with Crippen LogP contribution in [0.5, 0.6) is 5.75 Å². The van der Waals surface area contributed by atoms with Crippen molar-refractivity contribution in [3.63, 3.8) is 0 Å². The van der Waals surface area contributed by atoms with Crippen molar-refractivity contribution < 1.29 is 29.6 Å². The van der Waals surface area contributed by atoms with Gasteiger partial charge in [-0.15, -0.1) is 0 Å². The number of ether oxygens (including phenoxy) is 2. The summed E-state index contributed by atoms with van der Waals surface area (Å²) in [5.41, 5.74) is 0.782. The van der Waals surface area contributed by atoms with Gasteiger partial charge >= 0.3 is 5.97 Å². The third-order valence-electron chi connectivity index (χ3n) is 6.54. The molecule has 2 aliphatic rings. The van der Waals surface area contributed by atoms with Crippen LogP contribution in [0.1, 0.15) is 44.9 Å². The van der Waals surface area contributed by atoms with Gasteiger partial charge in [0.1, 0.15) is 12.4 Å². The van der Waals surface area contributed by atoms with Gasteiger partial charge in [0.15, 0.2) is 0 Å². The zero-order valence-corrected chi connectivity index (χ0v) is 17.0. The molecule has 6 nitrogen and oxygen atoms in total. The monoisotopic (exact) mass is 404 g/mol. The van der Waals surface area contributed by atoms with Crippen LogP contribution >= 0.6 is 0 Å². The lowest BCUT2D eigenvalue weighted by Crippen LogP contribution is -2.59. The molecule has 0 radical (unpaired) electrons. The fourth-order valence-corrected chi connectivity index (χ4v) is 4.95. The molecule has 0 saturated heterocycles. The Morgan fingerprint density at radius 3 is 2.79 bits per heavy atom. The molecule has 2 aliphatic carbocycles. The first kappa shape index (κ1) is 21.8. The van der Waals surface area contributed by atoms with E-state index in [0.29, 0.717) is 25.7 Å². The third-order valence-corrected chi connectivity index (χ3v) is 6.54. The first-order chi connectivity index (χ1) is 14.0. The van der Waals surface area contributed by atoms with E-state index >= 15 is 0 Å². The van der Waals surface area contributed by atoms with Crippen LogP contribution in [0.25, 0.3) is 0 Å². The zero-order valence-electron chi connectivity index (χ0n) is 17.0. The van der Waals surface area contributed by atoms with E-state index in [9.17, 15) is 15.0 Å². The molecule has 1 aromatic rings. The molecule has 3 rings (SSSR count). The molecule has 0 heterocycles. The van der Waals surface area contributed by atoms with Crippen molar-refractivity contribution in [1.29, 1.82) is 0 Å². The normalized spacial score (nSPS) is 31.0. The highest BCUT2D eigenvalue weighted by Crippen LogP contribution is 2.57. The molecule has 1 aromatic carbocycles. The quantitative estimate of drug-likeness (QED) is 0.519. The lowest BCUT2D eigenvalue weighted by atomic mass is 9.52. The van der Waals surface area contributed by atoms with Gasteiger partial charge in [-0.3, -0.25) is 4.79 Å². The number of carboxylic acids is 1. The maximum atomic E-state index is 10.8. The fraction of sp³-hybridized carbons (Fsp3) is 0.609. The predicted octanol–water partition coefficient (Wildman–Crippen LogP) is 3.17. The summed E-state index contributed by atoms with van der Waals surface area (Å²) < 4.78 is 11.5. The van der Waals surface area contributed by atoms with Gasteiger partial charge in [0, 0.05) is 19.4 Å². The van der Waals surface area contributed by atoms with E-state index in [-0.39, 0.29) is 30.5 Å². The number of aliphatic carboxylic acids is 1. The maximum Gasteiger partial charge on any atom is 0.303 e. The van der Waals surface area contributed by atoms with Gasteiger partial charge in [0.05, 0.1) is 17.8 Å².